The van der Waals surface area contributed by atoms with E-state index in [2.05, 4.69) is 36.5 Å². The van der Waals surface area contributed by atoms with Gasteiger partial charge in [-0.1, -0.05) is 76.1 Å². The molecular weight excluding hydrogens is 436 g/mol. The molecule has 2 heterocycles. The number of nitrogens with one attached hydrogen (secondary N) is 1. The molecule has 0 radical (unpaired) electrons. The SMILES string of the molecule is CCc1ccc(-c2cc3n(n2)C[C@](C)(C(=O)NC2CCCCCC2)N(C2CCCCC2)C3=O)cc1. The van der Waals surface area contributed by atoms with E-state index < -0.39 is 5.54 Å². The number of carbonyl (C=O) groups excluding carboxylic acids is 2. The summed E-state index contributed by atoms with van der Waals surface area (Å²) in [6.07, 6.45) is 13.2. The predicted octanol–water partition coefficient (Wildman–Crippen LogP) is 5.50. The van der Waals surface area contributed by atoms with Gasteiger partial charge in [-0.25, -0.2) is 0 Å². The summed E-state index contributed by atoms with van der Waals surface area (Å²) in [5.74, 6) is -0.0658. The minimum Gasteiger partial charge on any atom is -0.351 e. The fourth-order valence-corrected chi connectivity index (χ4v) is 6.33. The summed E-state index contributed by atoms with van der Waals surface area (Å²) in [7, 11) is 0. The average molecular weight is 477 g/mol. The smallest absolute Gasteiger partial charge is 0.273 e. The van der Waals surface area contributed by atoms with Gasteiger partial charge in [0.05, 0.1) is 12.2 Å². The zero-order chi connectivity index (χ0) is 24.4. The maximum atomic E-state index is 14.0. The first-order valence-electron chi connectivity index (χ1n) is 13.8. The lowest BCUT2D eigenvalue weighted by molar-refractivity contribution is -0.135. The summed E-state index contributed by atoms with van der Waals surface area (Å²) in [6.45, 7) is 4.51. The normalized spacial score (nSPS) is 24.2. The Labute approximate surface area is 209 Å². The van der Waals surface area contributed by atoms with Gasteiger partial charge in [-0.15, -0.1) is 0 Å². The van der Waals surface area contributed by atoms with E-state index in [1.807, 2.05) is 17.9 Å². The molecule has 2 aromatic rings. The highest BCUT2D eigenvalue weighted by molar-refractivity contribution is 6.00. The second-order valence-corrected chi connectivity index (χ2v) is 11.0. The molecule has 0 bridgehead atoms. The van der Waals surface area contributed by atoms with Gasteiger partial charge in [0.25, 0.3) is 5.91 Å². The molecule has 1 aromatic carbocycles. The van der Waals surface area contributed by atoms with Crippen molar-refractivity contribution >= 4 is 11.8 Å². The molecule has 2 fully saturated rings. The van der Waals surface area contributed by atoms with Crippen molar-refractivity contribution in [3.8, 4) is 11.3 Å². The minimum atomic E-state index is -0.937. The van der Waals surface area contributed by atoms with Gasteiger partial charge in [0.15, 0.2) is 0 Å². The molecular formula is C29H40N4O2. The fourth-order valence-electron chi connectivity index (χ4n) is 6.33. The van der Waals surface area contributed by atoms with Gasteiger partial charge in [-0.3, -0.25) is 14.3 Å². The summed E-state index contributed by atoms with van der Waals surface area (Å²) in [5, 5.41) is 8.20. The van der Waals surface area contributed by atoms with Crippen molar-refractivity contribution in [3.05, 3.63) is 41.6 Å². The molecule has 1 N–H and O–H groups in total. The quantitative estimate of drug-likeness (QED) is 0.580. The molecule has 2 aliphatic carbocycles. The van der Waals surface area contributed by atoms with Gasteiger partial charge >= 0.3 is 0 Å². The largest absolute Gasteiger partial charge is 0.351 e. The van der Waals surface area contributed by atoms with E-state index in [0.29, 0.717) is 12.2 Å². The summed E-state index contributed by atoms with van der Waals surface area (Å²) in [5.41, 5.74) is 2.75. The number of amides is 2. The second kappa shape index (κ2) is 10.2. The van der Waals surface area contributed by atoms with Crippen LogP contribution >= 0.6 is 0 Å². The van der Waals surface area contributed by atoms with Crippen molar-refractivity contribution in [2.24, 2.45) is 0 Å². The number of aromatic nitrogens is 2. The zero-order valence-electron chi connectivity index (χ0n) is 21.4. The molecule has 6 nitrogen and oxygen atoms in total. The Hall–Kier alpha value is -2.63. The van der Waals surface area contributed by atoms with Crippen LogP contribution in [0, 0.1) is 0 Å². The predicted molar refractivity (Wildman–Crippen MR) is 138 cm³/mol. The zero-order valence-corrected chi connectivity index (χ0v) is 21.4. The van der Waals surface area contributed by atoms with Crippen LogP contribution in [-0.2, 0) is 17.8 Å². The second-order valence-electron chi connectivity index (χ2n) is 11.0. The van der Waals surface area contributed by atoms with Crippen LogP contribution in [0.4, 0.5) is 0 Å². The van der Waals surface area contributed by atoms with Crippen LogP contribution in [-0.4, -0.2) is 44.1 Å². The van der Waals surface area contributed by atoms with Crippen LogP contribution in [0.25, 0.3) is 11.3 Å². The molecule has 0 saturated heterocycles. The third-order valence-corrected chi connectivity index (χ3v) is 8.48. The lowest BCUT2D eigenvalue weighted by Gasteiger charge is -2.48. The highest BCUT2D eigenvalue weighted by atomic mass is 16.2. The van der Waals surface area contributed by atoms with Crippen molar-refractivity contribution in [3.63, 3.8) is 0 Å². The maximum absolute atomic E-state index is 14.0. The lowest BCUT2D eigenvalue weighted by atomic mass is 9.86. The van der Waals surface area contributed by atoms with E-state index >= 15 is 0 Å². The van der Waals surface area contributed by atoms with E-state index in [-0.39, 0.29) is 23.9 Å². The van der Waals surface area contributed by atoms with Crippen LogP contribution in [0.5, 0.6) is 0 Å². The van der Waals surface area contributed by atoms with Gasteiger partial charge in [0.2, 0.25) is 5.91 Å². The van der Waals surface area contributed by atoms with Crippen LogP contribution < -0.4 is 5.32 Å². The molecule has 6 heteroatoms. The van der Waals surface area contributed by atoms with Gasteiger partial charge in [0, 0.05) is 17.6 Å². The monoisotopic (exact) mass is 476 g/mol. The summed E-state index contributed by atoms with van der Waals surface area (Å²) in [4.78, 5) is 29.9. The first-order chi connectivity index (χ1) is 17.0. The van der Waals surface area contributed by atoms with Crippen LogP contribution in [0.2, 0.25) is 0 Å². The average Bonchev–Trinajstić information content (AvgIpc) is 3.13. The number of fused-ring (bicyclic) bond motifs is 1. The molecule has 3 aliphatic rings. The topological polar surface area (TPSA) is 67.2 Å². The number of hydrogen-bond donors (Lipinski definition) is 1. The highest BCUT2D eigenvalue weighted by Crippen LogP contribution is 2.36. The molecule has 2 saturated carbocycles. The molecule has 1 aliphatic heterocycles. The van der Waals surface area contributed by atoms with Crippen molar-refractivity contribution < 1.29 is 9.59 Å². The molecule has 1 atom stereocenters. The molecule has 0 unspecified atom stereocenters. The molecule has 2 amide bonds. The summed E-state index contributed by atoms with van der Waals surface area (Å²) < 4.78 is 1.79. The maximum Gasteiger partial charge on any atom is 0.273 e. The van der Waals surface area contributed by atoms with E-state index in [1.54, 1.807) is 4.68 Å². The minimum absolute atomic E-state index is 0.0154. The van der Waals surface area contributed by atoms with E-state index in [0.717, 1.165) is 69.0 Å². The molecule has 1 aromatic heterocycles. The number of rotatable bonds is 5. The van der Waals surface area contributed by atoms with Crippen molar-refractivity contribution in [1.29, 1.82) is 0 Å². The van der Waals surface area contributed by atoms with E-state index in [9.17, 15) is 9.59 Å². The molecule has 35 heavy (non-hydrogen) atoms. The van der Waals surface area contributed by atoms with Crippen LogP contribution in [0.15, 0.2) is 30.3 Å². The van der Waals surface area contributed by atoms with Crippen molar-refractivity contribution in [2.45, 2.75) is 115 Å². The number of hydrogen-bond acceptors (Lipinski definition) is 3. The van der Waals surface area contributed by atoms with Crippen LogP contribution in [0.1, 0.15) is 101 Å². The Kier molecular flexibility index (Phi) is 6.99. The first-order valence-corrected chi connectivity index (χ1v) is 13.8. The first kappa shape index (κ1) is 24.1. The Bertz CT molecular complexity index is 1050. The van der Waals surface area contributed by atoms with Gasteiger partial charge < -0.3 is 10.2 Å². The Morgan fingerprint density at radius 3 is 2.29 bits per heavy atom. The number of aryl methyl sites for hydroxylation is 1. The summed E-state index contributed by atoms with van der Waals surface area (Å²) >= 11 is 0. The van der Waals surface area contributed by atoms with Crippen molar-refractivity contribution in [2.75, 3.05) is 0 Å². The Morgan fingerprint density at radius 2 is 1.63 bits per heavy atom. The highest BCUT2D eigenvalue weighted by Gasteiger charge is 2.51. The van der Waals surface area contributed by atoms with Gasteiger partial charge in [-0.2, -0.15) is 5.10 Å². The van der Waals surface area contributed by atoms with Crippen molar-refractivity contribution in [1.82, 2.24) is 20.0 Å². The standard InChI is InChI=1S/C29H40N4O2/c1-3-21-15-17-22(18-16-21)25-19-26-27(34)33(24-13-9-6-10-14-24)29(2,20-32(26)31-25)28(35)30-23-11-7-4-5-8-12-23/h15-19,23-24H,3-14,20H2,1-2H3,(H,30,35)/t29-/m1/s1. The number of benzene rings is 1. The molecule has 0 spiro atoms. The Balaban J connectivity index is 1.47. The van der Waals surface area contributed by atoms with E-state index in [1.165, 1.54) is 24.8 Å². The van der Waals surface area contributed by atoms with Crippen LogP contribution in [0.3, 0.4) is 0 Å². The summed E-state index contributed by atoms with van der Waals surface area (Å²) in [6, 6.07) is 10.6. The van der Waals surface area contributed by atoms with E-state index in [4.69, 9.17) is 5.10 Å². The molecule has 188 valence electrons. The number of carbonyl (C=O) groups is 2. The third kappa shape index (κ3) is 4.76. The lowest BCUT2D eigenvalue weighted by Crippen LogP contribution is -2.67. The van der Waals surface area contributed by atoms with Gasteiger partial charge in [-0.05, 0) is 50.7 Å². The number of nitrogens with zero attached hydrogens (tertiary/aromatic N) is 3. The Morgan fingerprint density at radius 1 is 1.00 bits per heavy atom. The third-order valence-electron chi connectivity index (χ3n) is 8.48. The van der Waals surface area contributed by atoms with Gasteiger partial charge in [0.1, 0.15) is 11.2 Å². The fraction of sp³-hybridized carbons (Fsp3) is 0.621. The molecule has 5 rings (SSSR count).